The third-order valence-corrected chi connectivity index (χ3v) is 6.23. The van der Waals surface area contributed by atoms with Gasteiger partial charge in [-0.3, -0.25) is 14.8 Å². The van der Waals surface area contributed by atoms with Crippen molar-refractivity contribution in [3.05, 3.63) is 57.1 Å². The SMILES string of the molecule is COCCOc1ccc(CN2CCCC[C@H]2c2cc3nc(C)c(C)c(=O)n3[nH]2)cc1OC. The fourth-order valence-electron chi connectivity index (χ4n) is 4.34. The summed E-state index contributed by atoms with van der Waals surface area (Å²) in [4.78, 5) is 19.7. The van der Waals surface area contributed by atoms with E-state index in [1.54, 1.807) is 18.7 Å². The number of nitrogens with zero attached hydrogens (tertiary/aromatic N) is 3. The van der Waals surface area contributed by atoms with Crippen LogP contribution in [0.25, 0.3) is 5.65 Å². The van der Waals surface area contributed by atoms with Crippen LogP contribution in [0.3, 0.4) is 0 Å². The van der Waals surface area contributed by atoms with Gasteiger partial charge in [-0.15, -0.1) is 0 Å². The lowest BCUT2D eigenvalue weighted by Gasteiger charge is -2.35. The van der Waals surface area contributed by atoms with Crippen LogP contribution in [0.1, 0.15) is 47.8 Å². The van der Waals surface area contributed by atoms with Crippen molar-refractivity contribution in [2.24, 2.45) is 0 Å². The van der Waals surface area contributed by atoms with Crippen LogP contribution >= 0.6 is 0 Å². The lowest BCUT2D eigenvalue weighted by molar-refractivity contribution is 0.136. The van der Waals surface area contributed by atoms with Crippen LogP contribution in [-0.2, 0) is 11.3 Å². The number of ether oxygens (including phenoxy) is 3. The van der Waals surface area contributed by atoms with E-state index in [9.17, 15) is 4.79 Å². The highest BCUT2D eigenvalue weighted by molar-refractivity contribution is 5.44. The number of benzene rings is 1. The van der Waals surface area contributed by atoms with E-state index in [0.29, 0.717) is 24.4 Å². The smallest absolute Gasteiger partial charge is 0.275 e. The molecular weight excluding hydrogens is 408 g/mol. The van der Waals surface area contributed by atoms with E-state index >= 15 is 0 Å². The topological polar surface area (TPSA) is 81.1 Å². The maximum Gasteiger partial charge on any atom is 0.275 e. The molecule has 1 fully saturated rings. The van der Waals surface area contributed by atoms with Crippen LogP contribution < -0.4 is 15.0 Å². The molecule has 0 spiro atoms. The quantitative estimate of drug-likeness (QED) is 0.541. The van der Waals surface area contributed by atoms with Crippen LogP contribution in [-0.4, -0.2) is 53.5 Å². The Morgan fingerprint density at radius 2 is 1.97 bits per heavy atom. The van der Waals surface area contributed by atoms with Gasteiger partial charge in [0, 0.05) is 31.0 Å². The van der Waals surface area contributed by atoms with Gasteiger partial charge in [-0.05, 0) is 50.9 Å². The van der Waals surface area contributed by atoms with E-state index in [0.717, 1.165) is 60.8 Å². The van der Waals surface area contributed by atoms with E-state index in [1.807, 2.05) is 32.0 Å². The molecule has 1 aliphatic heterocycles. The standard InChI is InChI=1S/C24H32N4O4/c1-16-17(2)25-23-14-19(26-28(23)24(16)29)20-7-5-6-10-27(20)15-18-8-9-21(22(13-18)31-4)32-12-11-30-3/h8-9,13-14,20,26H,5-7,10-12,15H2,1-4H3/t20-/m0/s1. The number of nitrogens with one attached hydrogen (secondary N) is 1. The molecule has 3 heterocycles. The largest absolute Gasteiger partial charge is 0.493 e. The number of hydrogen-bond acceptors (Lipinski definition) is 6. The maximum atomic E-state index is 12.7. The summed E-state index contributed by atoms with van der Waals surface area (Å²) in [6.45, 7) is 6.49. The predicted molar refractivity (Wildman–Crippen MR) is 123 cm³/mol. The van der Waals surface area contributed by atoms with Crippen molar-refractivity contribution in [3.8, 4) is 11.5 Å². The van der Waals surface area contributed by atoms with Crippen molar-refractivity contribution in [2.75, 3.05) is 34.0 Å². The molecule has 32 heavy (non-hydrogen) atoms. The molecule has 8 heteroatoms. The third-order valence-electron chi connectivity index (χ3n) is 6.23. The van der Waals surface area contributed by atoms with Crippen LogP contribution in [0.5, 0.6) is 11.5 Å². The predicted octanol–water partition coefficient (Wildman–Crippen LogP) is 3.40. The summed E-state index contributed by atoms with van der Waals surface area (Å²) in [6.07, 6.45) is 3.35. The lowest BCUT2D eigenvalue weighted by Crippen LogP contribution is -2.33. The molecule has 4 rings (SSSR count). The first-order chi connectivity index (χ1) is 15.5. The van der Waals surface area contributed by atoms with Crippen molar-refractivity contribution in [2.45, 2.75) is 45.7 Å². The molecule has 3 aromatic rings. The third kappa shape index (κ3) is 4.52. The highest BCUT2D eigenvalue weighted by Gasteiger charge is 2.26. The minimum Gasteiger partial charge on any atom is -0.493 e. The molecule has 1 aliphatic rings. The first-order valence-electron chi connectivity index (χ1n) is 11.1. The number of piperidine rings is 1. The molecule has 1 aromatic carbocycles. The highest BCUT2D eigenvalue weighted by atomic mass is 16.5. The number of fused-ring (bicyclic) bond motifs is 1. The number of aromatic amines is 1. The highest BCUT2D eigenvalue weighted by Crippen LogP contribution is 2.34. The molecule has 0 unspecified atom stereocenters. The van der Waals surface area contributed by atoms with Crippen molar-refractivity contribution in [1.29, 1.82) is 0 Å². The van der Waals surface area contributed by atoms with E-state index in [4.69, 9.17) is 14.2 Å². The van der Waals surface area contributed by atoms with E-state index in [1.165, 1.54) is 0 Å². The molecule has 8 nitrogen and oxygen atoms in total. The van der Waals surface area contributed by atoms with Crippen molar-refractivity contribution in [1.82, 2.24) is 19.5 Å². The lowest BCUT2D eigenvalue weighted by atomic mass is 9.98. The van der Waals surface area contributed by atoms with Gasteiger partial charge in [-0.2, -0.15) is 0 Å². The van der Waals surface area contributed by atoms with Gasteiger partial charge in [0.25, 0.3) is 5.56 Å². The minimum absolute atomic E-state index is 0.0325. The molecular formula is C24H32N4O4. The maximum absolute atomic E-state index is 12.7. The Balaban J connectivity index is 1.57. The first kappa shape index (κ1) is 22.4. The Kier molecular flexibility index (Phi) is 6.81. The minimum atomic E-state index is -0.0325. The fraction of sp³-hybridized carbons (Fsp3) is 0.500. The second-order valence-corrected chi connectivity index (χ2v) is 8.34. The van der Waals surface area contributed by atoms with Gasteiger partial charge < -0.3 is 14.2 Å². The Labute approximate surface area is 188 Å². The summed E-state index contributed by atoms with van der Waals surface area (Å²) >= 11 is 0. The monoisotopic (exact) mass is 440 g/mol. The van der Waals surface area contributed by atoms with Gasteiger partial charge in [-0.1, -0.05) is 12.5 Å². The fourth-order valence-corrected chi connectivity index (χ4v) is 4.34. The molecule has 0 aliphatic carbocycles. The number of H-pyrrole nitrogens is 1. The molecule has 0 bridgehead atoms. The van der Waals surface area contributed by atoms with Crippen LogP contribution in [0, 0.1) is 13.8 Å². The zero-order valence-electron chi connectivity index (χ0n) is 19.3. The van der Waals surface area contributed by atoms with Gasteiger partial charge in [0.05, 0.1) is 25.5 Å². The number of rotatable bonds is 8. The zero-order chi connectivity index (χ0) is 22.7. The van der Waals surface area contributed by atoms with E-state index in [-0.39, 0.29) is 11.6 Å². The van der Waals surface area contributed by atoms with Crippen LogP contribution in [0.2, 0.25) is 0 Å². The molecule has 1 N–H and O–H groups in total. The Morgan fingerprint density at radius 3 is 2.75 bits per heavy atom. The van der Waals surface area contributed by atoms with Crippen molar-refractivity contribution in [3.63, 3.8) is 0 Å². The molecule has 2 aromatic heterocycles. The number of likely N-dealkylation sites (tertiary alicyclic amines) is 1. The summed E-state index contributed by atoms with van der Waals surface area (Å²) in [5.41, 5.74) is 4.29. The Morgan fingerprint density at radius 1 is 1.12 bits per heavy atom. The Hall–Kier alpha value is -2.84. The molecule has 1 saturated heterocycles. The Bertz CT molecular complexity index is 1140. The second-order valence-electron chi connectivity index (χ2n) is 8.34. The van der Waals surface area contributed by atoms with Gasteiger partial charge in [0.15, 0.2) is 17.1 Å². The number of aromatic nitrogens is 3. The average molecular weight is 441 g/mol. The van der Waals surface area contributed by atoms with Gasteiger partial charge >= 0.3 is 0 Å². The second kappa shape index (κ2) is 9.75. The average Bonchev–Trinajstić information content (AvgIpc) is 3.22. The summed E-state index contributed by atoms with van der Waals surface area (Å²) in [5.74, 6) is 1.44. The first-order valence-corrected chi connectivity index (χ1v) is 11.1. The van der Waals surface area contributed by atoms with Gasteiger partial charge in [-0.25, -0.2) is 9.50 Å². The van der Waals surface area contributed by atoms with Crippen molar-refractivity contribution >= 4 is 5.65 Å². The van der Waals surface area contributed by atoms with E-state index in [2.05, 4.69) is 21.0 Å². The van der Waals surface area contributed by atoms with Gasteiger partial charge in [0.2, 0.25) is 0 Å². The van der Waals surface area contributed by atoms with E-state index < -0.39 is 0 Å². The summed E-state index contributed by atoms with van der Waals surface area (Å²) in [6, 6.07) is 8.30. The summed E-state index contributed by atoms with van der Waals surface area (Å²) in [7, 11) is 3.31. The zero-order valence-corrected chi connectivity index (χ0v) is 19.3. The molecule has 172 valence electrons. The summed E-state index contributed by atoms with van der Waals surface area (Å²) in [5, 5.41) is 3.32. The molecule has 0 saturated carbocycles. The van der Waals surface area contributed by atoms with Gasteiger partial charge in [0.1, 0.15) is 6.61 Å². The molecule has 0 radical (unpaired) electrons. The van der Waals surface area contributed by atoms with Crippen LogP contribution in [0.4, 0.5) is 0 Å². The number of aryl methyl sites for hydroxylation is 1. The van der Waals surface area contributed by atoms with Crippen molar-refractivity contribution < 1.29 is 14.2 Å². The molecule has 1 atom stereocenters. The van der Waals surface area contributed by atoms with Crippen LogP contribution in [0.15, 0.2) is 29.1 Å². The summed E-state index contributed by atoms with van der Waals surface area (Å²) < 4.78 is 17.9. The molecule has 0 amide bonds. The number of hydrogen-bond donors (Lipinski definition) is 1. The normalized spacial score (nSPS) is 17.1. The number of methoxy groups -OCH3 is 2.